The summed E-state index contributed by atoms with van der Waals surface area (Å²) in [5.74, 6) is 0.283. The topological polar surface area (TPSA) is 20.3 Å². The Morgan fingerprint density at radius 2 is 2.10 bits per heavy atom. The predicted molar refractivity (Wildman–Crippen MR) is 84.9 cm³/mol. The number of anilines is 1. The molecule has 3 heteroatoms. The van der Waals surface area contributed by atoms with E-state index in [2.05, 4.69) is 29.2 Å². The summed E-state index contributed by atoms with van der Waals surface area (Å²) >= 11 is 1.54. The lowest BCUT2D eigenvalue weighted by molar-refractivity contribution is 0.0984. The molecule has 2 nitrogen and oxygen atoms in total. The van der Waals surface area contributed by atoms with Crippen LogP contribution in [0.15, 0.2) is 41.8 Å². The summed E-state index contributed by atoms with van der Waals surface area (Å²) in [5, 5.41) is 1.97. The Bertz CT molecular complexity index is 576. The lowest BCUT2D eigenvalue weighted by Crippen LogP contribution is -2.30. The average molecular weight is 285 g/mol. The van der Waals surface area contributed by atoms with Gasteiger partial charge < -0.3 is 4.90 Å². The van der Waals surface area contributed by atoms with Gasteiger partial charge in [-0.15, -0.1) is 11.3 Å². The quantitative estimate of drug-likeness (QED) is 0.769. The van der Waals surface area contributed by atoms with Gasteiger partial charge in [0.1, 0.15) is 0 Å². The van der Waals surface area contributed by atoms with Crippen molar-refractivity contribution >= 4 is 22.8 Å². The molecule has 0 unspecified atom stereocenters. The first-order chi connectivity index (χ1) is 9.84. The van der Waals surface area contributed by atoms with Gasteiger partial charge in [-0.3, -0.25) is 4.79 Å². The summed E-state index contributed by atoms with van der Waals surface area (Å²) in [5.41, 5.74) is 2.81. The van der Waals surface area contributed by atoms with E-state index in [1.165, 1.54) is 24.1 Å². The number of ketones is 1. The highest BCUT2D eigenvalue weighted by molar-refractivity contribution is 7.12. The Morgan fingerprint density at radius 3 is 2.95 bits per heavy atom. The number of rotatable bonds is 5. The van der Waals surface area contributed by atoms with Crippen LogP contribution in [0.3, 0.4) is 0 Å². The number of carbonyl (C=O) groups excluding carboxylic acids is 1. The zero-order valence-corrected chi connectivity index (χ0v) is 12.4. The molecule has 3 rings (SSSR count). The molecule has 1 aliphatic heterocycles. The molecule has 0 fully saturated rings. The van der Waals surface area contributed by atoms with E-state index in [-0.39, 0.29) is 5.78 Å². The second-order valence-electron chi connectivity index (χ2n) is 5.22. The molecule has 1 aliphatic rings. The molecule has 0 spiro atoms. The van der Waals surface area contributed by atoms with Gasteiger partial charge in [-0.05, 0) is 42.3 Å². The molecule has 1 aromatic carbocycles. The number of hydrogen-bond donors (Lipinski definition) is 0. The van der Waals surface area contributed by atoms with Crippen LogP contribution in [0.25, 0.3) is 0 Å². The summed E-state index contributed by atoms with van der Waals surface area (Å²) in [6, 6.07) is 12.5. The van der Waals surface area contributed by atoms with Crippen LogP contribution < -0.4 is 4.90 Å². The van der Waals surface area contributed by atoms with Gasteiger partial charge in [0.25, 0.3) is 0 Å². The second kappa shape index (κ2) is 6.23. The van der Waals surface area contributed by atoms with Crippen molar-refractivity contribution in [2.75, 3.05) is 18.0 Å². The third-order valence-electron chi connectivity index (χ3n) is 3.83. The van der Waals surface area contributed by atoms with Gasteiger partial charge in [0.2, 0.25) is 0 Å². The third kappa shape index (κ3) is 2.93. The normalized spacial score (nSPS) is 14.1. The average Bonchev–Trinajstić information content (AvgIpc) is 3.02. The molecule has 2 heterocycles. The molecule has 2 aromatic rings. The smallest absolute Gasteiger partial charge is 0.172 e. The van der Waals surface area contributed by atoms with Crippen LogP contribution in [0.4, 0.5) is 5.69 Å². The third-order valence-corrected chi connectivity index (χ3v) is 4.75. The zero-order valence-electron chi connectivity index (χ0n) is 11.5. The maximum Gasteiger partial charge on any atom is 0.172 e. The minimum absolute atomic E-state index is 0.283. The minimum Gasteiger partial charge on any atom is -0.371 e. The van der Waals surface area contributed by atoms with Crippen molar-refractivity contribution in [3.05, 3.63) is 52.2 Å². The van der Waals surface area contributed by atoms with Gasteiger partial charge in [0, 0.05) is 25.2 Å². The molecule has 0 N–H and O–H groups in total. The van der Waals surface area contributed by atoms with Crippen molar-refractivity contribution in [3.63, 3.8) is 0 Å². The van der Waals surface area contributed by atoms with Crippen molar-refractivity contribution in [2.24, 2.45) is 0 Å². The first-order valence-corrected chi connectivity index (χ1v) is 8.12. The van der Waals surface area contributed by atoms with Gasteiger partial charge in [-0.1, -0.05) is 24.3 Å². The lowest BCUT2D eigenvalue weighted by atomic mass is 10.0. The highest BCUT2D eigenvalue weighted by Crippen LogP contribution is 2.26. The van der Waals surface area contributed by atoms with Gasteiger partial charge in [0.05, 0.1) is 4.88 Å². The molecule has 0 amide bonds. The fraction of sp³-hybridized carbons (Fsp3) is 0.353. The molecule has 1 aromatic heterocycles. The van der Waals surface area contributed by atoms with Crippen LogP contribution in [-0.4, -0.2) is 18.9 Å². The number of thiophene rings is 1. The second-order valence-corrected chi connectivity index (χ2v) is 6.17. The van der Waals surface area contributed by atoms with Crippen molar-refractivity contribution < 1.29 is 4.79 Å². The van der Waals surface area contributed by atoms with E-state index < -0.39 is 0 Å². The predicted octanol–water partition coefficient (Wildman–Crippen LogP) is 4.16. The Labute approximate surface area is 124 Å². The molecule has 0 atom stereocenters. The van der Waals surface area contributed by atoms with Gasteiger partial charge in [-0.25, -0.2) is 0 Å². The van der Waals surface area contributed by atoms with E-state index in [1.807, 2.05) is 17.5 Å². The molecule has 0 saturated heterocycles. The van der Waals surface area contributed by atoms with E-state index in [1.54, 1.807) is 11.3 Å². The van der Waals surface area contributed by atoms with E-state index >= 15 is 0 Å². The Balaban J connectivity index is 1.56. The van der Waals surface area contributed by atoms with Crippen LogP contribution in [-0.2, 0) is 6.42 Å². The van der Waals surface area contributed by atoms with Crippen molar-refractivity contribution in [2.45, 2.75) is 25.7 Å². The minimum atomic E-state index is 0.283. The Kier molecular flexibility index (Phi) is 4.16. The van der Waals surface area contributed by atoms with Crippen molar-refractivity contribution in [1.82, 2.24) is 0 Å². The Hall–Kier alpha value is -1.61. The highest BCUT2D eigenvalue weighted by Gasteiger charge is 2.16. The number of hydrogen-bond acceptors (Lipinski definition) is 3. The summed E-state index contributed by atoms with van der Waals surface area (Å²) in [6.45, 7) is 2.10. The lowest BCUT2D eigenvalue weighted by Gasteiger charge is -2.31. The Morgan fingerprint density at radius 1 is 1.20 bits per heavy atom. The number of aryl methyl sites for hydroxylation is 1. The summed E-state index contributed by atoms with van der Waals surface area (Å²) in [7, 11) is 0. The fourth-order valence-electron chi connectivity index (χ4n) is 2.83. The number of carbonyl (C=O) groups is 1. The van der Waals surface area contributed by atoms with E-state index in [4.69, 9.17) is 0 Å². The molecule has 0 saturated carbocycles. The van der Waals surface area contributed by atoms with Crippen LogP contribution in [0, 0.1) is 0 Å². The SMILES string of the molecule is O=C(CCCN1CCCc2ccccc21)c1cccs1. The molecule has 0 aliphatic carbocycles. The van der Waals surface area contributed by atoms with Crippen molar-refractivity contribution in [3.8, 4) is 0 Å². The van der Waals surface area contributed by atoms with Crippen molar-refractivity contribution in [1.29, 1.82) is 0 Å². The molecule has 104 valence electrons. The summed E-state index contributed by atoms with van der Waals surface area (Å²) < 4.78 is 0. The molecular weight excluding hydrogens is 266 g/mol. The van der Waals surface area contributed by atoms with Crippen LogP contribution in [0.5, 0.6) is 0 Å². The van der Waals surface area contributed by atoms with Gasteiger partial charge >= 0.3 is 0 Å². The summed E-state index contributed by atoms with van der Waals surface area (Å²) in [4.78, 5) is 15.3. The van der Waals surface area contributed by atoms with E-state index in [0.29, 0.717) is 6.42 Å². The van der Waals surface area contributed by atoms with E-state index in [9.17, 15) is 4.79 Å². The number of Topliss-reactive ketones (excluding diaryl/α,β-unsaturated/α-hetero) is 1. The number of benzene rings is 1. The first kappa shape index (κ1) is 13.4. The largest absolute Gasteiger partial charge is 0.371 e. The highest BCUT2D eigenvalue weighted by atomic mass is 32.1. The first-order valence-electron chi connectivity index (χ1n) is 7.24. The van der Waals surface area contributed by atoms with Crippen LogP contribution >= 0.6 is 11.3 Å². The van der Waals surface area contributed by atoms with Crippen LogP contribution in [0.1, 0.15) is 34.5 Å². The maximum atomic E-state index is 12.0. The van der Waals surface area contributed by atoms with Gasteiger partial charge in [-0.2, -0.15) is 0 Å². The maximum absolute atomic E-state index is 12.0. The van der Waals surface area contributed by atoms with E-state index in [0.717, 1.165) is 24.4 Å². The number of para-hydroxylation sites is 1. The molecular formula is C17H19NOS. The molecule has 20 heavy (non-hydrogen) atoms. The number of nitrogens with zero attached hydrogens (tertiary/aromatic N) is 1. The van der Waals surface area contributed by atoms with Gasteiger partial charge in [0.15, 0.2) is 5.78 Å². The standard InChI is InChI=1S/C17H19NOS/c19-16(17-10-5-13-20-17)9-4-12-18-11-3-7-14-6-1-2-8-15(14)18/h1-2,5-6,8,10,13H,3-4,7,9,11-12H2. The fourth-order valence-corrected chi connectivity index (χ4v) is 3.53. The monoisotopic (exact) mass is 285 g/mol. The summed E-state index contributed by atoms with van der Waals surface area (Å²) in [6.07, 6.45) is 3.99. The zero-order chi connectivity index (χ0) is 13.8. The molecule has 0 bridgehead atoms. The number of fused-ring (bicyclic) bond motifs is 1. The molecule has 0 radical (unpaired) electrons. The van der Waals surface area contributed by atoms with Crippen LogP contribution in [0.2, 0.25) is 0 Å².